The summed E-state index contributed by atoms with van der Waals surface area (Å²) < 4.78 is 5.52. The SMILES string of the molecule is CCNC(=O)c1ccc(NC(=O)N2CCN3CCOC[C@H]3C2)c(C)c1. The van der Waals surface area contributed by atoms with Crippen LogP contribution in [0.5, 0.6) is 0 Å². The first kappa shape index (κ1) is 17.7. The largest absolute Gasteiger partial charge is 0.378 e. The van der Waals surface area contributed by atoms with E-state index in [1.165, 1.54) is 0 Å². The Balaban J connectivity index is 1.62. The third kappa shape index (κ3) is 4.11. The lowest BCUT2D eigenvalue weighted by molar-refractivity contribution is -0.0355. The van der Waals surface area contributed by atoms with Crippen molar-refractivity contribution in [2.75, 3.05) is 51.3 Å². The lowest BCUT2D eigenvalue weighted by atomic mass is 10.1. The van der Waals surface area contributed by atoms with Gasteiger partial charge in [0.15, 0.2) is 0 Å². The molecule has 0 radical (unpaired) electrons. The van der Waals surface area contributed by atoms with Crippen LogP contribution in [0.3, 0.4) is 0 Å². The minimum Gasteiger partial charge on any atom is -0.378 e. The van der Waals surface area contributed by atoms with Crippen LogP contribution in [0.15, 0.2) is 18.2 Å². The number of rotatable bonds is 3. The van der Waals surface area contributed by atoms with E-state index in [9.17, 15) is 9.59 Å². The predicted octanol–water partition coefficient (Wildman–Crippen LogP) is 1.29. The molecule has 0 unspecified atom stereocenters. The Kier molecular flexibility index (Phi) is 5.55. The van der Waals surface area contributed by atoms with Crippen LogP contribution in [0, 0.1) is 6.92 Å². The van der Waals surface area contributed by atoms with Crippen molar-refractivity contribution in [1.29, 1.82) is 0 Å². The molecule has 2 heterocycles. The summed E-state index contributed by atoms with van der Waals surface area (Å²) in [7, 11) is 0. The molecule has 0 bridgehead atoms. The van der Waals surface area contributed by atoms with Gasteiger partial charge in [-0.3, -0.25) is 9.69 Å². The Morgan fingerprint density at radius 2 is 2.12 bits per heavy atom. The number of morpholine rings is 1. The Labute approximate surface area is 148 Å². The number of nitrogens with one attached hydrogen (secondary N) is 2. The third-order valence-corrected chi connectivity index (χ3v) is 4.79. The van der Waals surface area contributed by atoms with Gasteiger partial charge >= 0.3 is 6.03 Å². The first-order valence-corrected chi connectivity index (χ1v) is 8.85. The van der Waals surface area contributed by atoms with Crippen molar-refractivity contribution < 1.29 is 14.3 Å². The van der Waals surface area contributed by atoms with Crippen molar-refractivity contribution in [3.63, 3.8) is 0 Å². The van der Waals surface area contributed by atoms with Crippen molar-refractivity contribution in [1.82, 2.24) is 15.1 Å². The number of fused-ring (bicyclic) bond motifs is 1. The maximum absolute atomic E-state index is 12.6. The Bertz CT molecular complexity index is 649. The van der Waals surface area contributed by atoms with Crippen LogP contribution in [-0.4, -0.2) is 73.7 Å². The molecular weight excluding hydrogens is 320 g/mol. The zero-order valence-electron chi connectivity index (χ0n) is 14.9. The summed E-state index contributed by atoms with van der Waals surface area (Å²) in [5, 5.41) is 5.75. The topological polar surface area (TPSA) is 73.9 Å². The highest BCUT2D eigenvalue weighted by molar-refractivity contribution is 5.96. The average molecular weight is 346 g/mol. The molecule has 7 heteroatoms. The molecular formula is C18H26N4O3. The number of anilines is 1. The number of amides is 3. The summed E-state index contributed by atoms with van der Waals surface area (Å²) in [6.07, 6.45) is 0. The van der Waals surface area contributed by atoms with Crippen LogP contribution in [0.25, 0.3) is 0 Å². The van der Waals surface area contributed by atoms with Gasteiger partial charge in [0.1, 0.15) is 0 Å². The Morgan fingerprint density at radius 1 is 1.28 bits per heavy atom. The lowest BCUT2D eigenvalue weighted by Gasteiger charge is -2.43. The molecule has 136 valence electrons. The van der Waals surface area contributed by atoms with E-state index >= 15 is 0 Å². The van der Waals surface area contributed by atoms with Gasteiger partial charge in [0, 0.05) is 44.0 Å². The molecule has 2 aliphatic heterocycles. The smallest absolute Gasteiger partial charge is 0.321 e. The molecule has 25 heavy (non-hydrogen) atoms. The van der Waals surface area contributed by atoms with Crippen LogP contribution >= 0.6 is 0 Å². The number of aryl methyl sites for hydroxylation is 1. The average Bonchev–Trinajstić information content (AvgIpc) is 2.63. The second-order valence-corrected chi connectivity index (χ2v) is 6.53. The summed E-state index contributed by atoms with van der Waals surface area (Å²) in [6.45, 7) is 9.07. The highest BCUT2D eigenvalue weighted by Gasteiger charge is 2.31. The molecule has 0 aliphatic carbocycles. The van der Waals surface area contributed by atoms with Crippen molar-refractivity contribution in [2.24, 2.45) is 0 Å². The van der Waals surface area contributed by atoms with E-state index in [2.05, 4.69) is 15.5 Å². The molecule has 1 aromatic carbocycles. The number of carbonyl (C=O) groups is 2. The van der Waals surface area contributed by atoms with Crippen LogP contribution in [-0.2, 0) is 4.74 Å². The number of carbonyl (C=O) groups excluding carboxylic acids is 2. The van der Waals surface area contributed by atoms with Crippen LogP contribution in [0.2, 0.25) is 0 Å². The van der Waals surface area contributed by atoms with Gasteiger partial charge in [0.05, 0.1) is 19.3 Å². The van der Waals surface area contributed by atoms with Crippen LogP contribution in [0.4, 0.5) is 10.5 Å². The monoisotopic (exact) mass is 346 g/mol. The molecule has 3 rings (SSSR count). The fourth-order valence-corrected chi connectivity index (χ4v) is 3.33. The van der Waals surface area contributed by atoms with Gasteiger partial charge < -0.3 is 20.3 Å². The predicted molar refractivity (Wildman–Crippen MR) is 96.0 cm³/mol. The van der Waals surface area contributed by atoms with Crippen molar-refractivity contribution in [2.45, 2.75) is 19.9 Å². The molecule has 2 fully saturated rings. The Hall–Kier alpha value is -2.12. The molecule has 2 aliphatic rings. The summed E-state index contributed by atoms with van der Waals surface area (Å²) in [6, 6.07) is 5.51. The van der Waals surface area contributed by atoms with Gasteiger partial charge in [0.25, 0.3) is 5.91 Å². The summed E-state index contributed by atoms with van der Waals surface area (Å²) >= 11 is 0. The van der Waals surface area contributed by atoms with E-state index in [4.69, 9.17) is 4.74 Å². The molecule has 1 atom stereocenters. The second-order valence-electron chi connectivity index (χ2n) is 6.53. The lowest BCUT2D eigenvalue weighted by Crippen LogP contribution is -2.59. The van der Waals surface area contributed by atoms with Gasteiger partial charge in [-0.25, -0.2) is 4.79 Å². The minimum absolute atomic E-state index is 0.0981. The summed E-state index contributed by atoms with van der Waals surface area (Å²) in [4.78, 5) is 28.7. The number of hydrogen-bond donors (Lipinski definition) is 2. The number of urea groups is 1. The second kappa shape index (κ2) is 7.84. The molecule has 3 amide bonds. The number of ether oxygens (including phenoxy) is 1. The number of hydrogen-bond acceptors (Lipinski definition) is 4. The van der Waals surface area contributed by atoms with Crippen LogP contribution in [0.1, 0.15) is 22.8 Å². The first-order valence-electron chi connectivity index (χ1n) is 8.85. The standard InChI is InChI=1S/C18H26N4O3/c1-3-19-17(23)14-4-5-16(13(2)10-14)20-18(24)22-7-6-21-8-9-25-12-15(21)11-22/h4-5,10,15H,3,6-9,11-12H2,1-2H3,(H,19,23)(H,20,24)/t15-/m1/s1. The maximum atomic E-state index is 12.6. The molecule has 2 saturated heterocycles. The minimum atomic E-state index is -0.100. The van der Waals surface area contributed by atoms with E-state index in [0.29, 0.717) is 25.3 Å². The van der Waals surface area contributed by atoms with E-state index in [-0.39, 0.29) is 18.0 Å². The van der Waals surface area contributed by atoms with E-state index in [1.54, 1.807) is 18.2 Å². The number of nitrogens with zero attached hydrogens (tertiary/aromatic N) is 2. The zero-order valence-corrected chi connectivity index (χ0v) is 14.9. The first-order chi connectivity index (χ1) is 12.1. The van der Waals surface area contributed by atoms with Gasteiger partial charge in [-0.05, 0) is 37.6 Å². The molecule has 0 spiro atoms. The molecule has 7 nitrogen and oxygen atoms in total. The summed E-state index contributed by atoms with van der Waals surface area (Å²) in [5.41, 5.74) is 2.21. The fourth-order valence-electron chi connectivity index (χ4n) is 3.33. The quantitative estimate of drug-likeness (QED) is 0.865. The molecule has 2 N–H and O–H groups in total. The molecule has 1 aromatic rings. The highest BCUT2D eigenvalue weighted by atomic mass is 16.5. The summed E-state index contributed by atoms with van der Waals surface area (Å²) in [5.74, 6) is -0.100. The van der Waals surface area contributed by atoms with Crippen molar-refractivity contribution in [3.8, 4) is 0 Å². The van der Waals surface area contributed by atoms with Gasteiger partial charge in [-0.1, -0.05) is 0 Å². The van der Waals surface area contributed by atoms with Crippen molar-refractivity contribution >= 4 is 17.6 Å². The molecule has 0 saturated carbocycles. The van der Waals surface area contributed by atoms with E-state index in [0.717, 1.165) is 37.5 Å². The fraction of sp³-hybridized carbons (Fsp3) is 0.556. The normalized spacial score (nSPS) is 20.7. The third-order valence-electron chi connectivity index (χ3n) is 4.79. The van der Waals surface area contributed by atoms with Crippen molar-refractivity contribution in [3.05, 3.63) is 29.3 Å². The maximum Gasteiger partial charge on any atom is 0.321 e. The number of piperazine rings is 1. The van der Waals surface area contributed by atoms with E-state index in [1.807, 2.05) is 18.7 Å². The zero-order chi connectivity index (χ0) is 17.8. The van der Waals surface area contributed by atoms with E-state index < -0.39 is 0 Å². The van der Waals surface area contributed by atoms with Gasteiger partial charge in [-0.15, -0.1) is 0 Å². The van der Waals surface area contributed by atoms with Gasteiger partial charge in [0.2, 0.25) is 0 Å². The highest BCUT2D eigenvalue weighted by Crippen LogP contribution is 2.19. The van der Waals surface area contributed by atoms with Crippen LogP contribution < -0.4 is 10.6 Å². The molecule has 0 aromatic heterocycles. The Morgan fingerprint density at radius 3 is 2.88 bits per heavy atom. The van der Waals surface area contributed by atoms with Gasteiger partial charge in [-0.2, -0.15) is 0 Å². The number of benzene rings is 1.